The Balaban J connectivity index is 1.23. The van der Waals surface area contributed by atoms with Gasteiger partial charge < -0.3 is 19.5 Å². The third kappa shape index (κ3) is 3.74. The molecule has 140 valence electrons. The smallest absolute Gasteiger partial charge is 0.317 e. The van der Waals surface area contributed by atoms with Crippen molar-refractivity contribution in [3.05, 3.63) is 60.2 Å². The summed E-state index contributed by atoms with van der Waals surface area (Å²) in [5, 5.41) is 2.73. The Labute approximate surface area is 157 Å². The molecule has 0 aromatic heterocycles. The Morgan fingerprint density at radius 2 is 1.74 bits per heavy atom. The zero-order valence-electron chi connectivity index (χ0n) is 14.9. The number of rotatable bonds is 6. The number of benzene rings is 2. The quantitative estimate of drug-likeness (QED) is 0.793. The molecule has 6 nitrogen and oxygen atoms in total. The Hall–Kier alpha value is -3.02. The van der Waals surface area contributed by atoms with Crippen LogP contribution in [0.5, 0.6) is 11.5 Å². The van der Waals surface area contributed by atoms with Gasteiger partial charge in [0.05, 0.1) is 12.0 Å². The van der Waals surface area contributed by atoms with Crippen LogP contribution in [0.1, 0.15) is 18.4 Å². The number of esters is 1. The van der Waals surface area contributed by atoms with Crippen molar-refractivity contribution in [3.8, 4) is 11.5 Å². The molecule has 4 rings (SSSR count). The maximum atomic E-state index is 12.4. The minimum absolute atomic E-state index is 0.279. The lowest BCUT2D eigenvalue weighted by Crippen LogP contribution is -2.42. The lowest BCUT2D eigenvalue weighted by molar-refractivity contribution is -0.151. The molecular formula is C21H21NO5. The van der Waals surface area contributed by atoms with E-state index in [0.29, 0.717) is 18.1 Å². The summed E-state index contributed by atoms with van der Waals surface area (Å²) in [5.74, 6) is 0.669. The molecule has 1 fully saturated rings. The van der Waals surface area contributed by atoms with Crippen molar-refractivity contribution in [1.29, 1.82) is 0 Å². The third-order valence-electron chi connectivity index (χ3n) is 4.90. The molecule has 0 spiro atoms. The van der Waals surface area contributed by atoms with E-state index in [4.69, 9.17) is 14.2 Å². The molecule has 1 aliphatic heterocycles. The SMILES string of the molecule is O=C(COC(=O)C1(c2ccccc2)CC1)NC[C@@H]1COc2ccccc2O1. The molecule has 0 saturated heterocycles. The van der Waals surface area contributed by atoms with Gasteiger partial charge in [-0.3, -0.25) is 9.59 Å². The van der Waals surface area contributed by atoms with Crippen LogP contribution >= 0.6 is 0 Å². The largest absolute Gasteiger partial charge is 0.486 e. The van der Waals surface area contributed by atoms with Crippen LogP contribution in [-0.2, 0) is 19.7 Å². The summed E-state index contributed by atoms with van der Waals surface area (Å²) >= 11 is 0. The van der Waals surface area contributed by atoms with Gasteiger partial charge in [0.25, 0.3) is 5.91 Å². The van der Waals surface area contributed by atoms with E-state index in [9.17, 15) is 9.59 Å². The average molecular weight is 367 g/mol. The molecule has 2 aliphatic rings. The van der Waals surface area contributed by atoms with Crippen LogP contribution < -0.4 is 14.8 Å². The fourth-order valence-corrected chi connectivity index (χ4v) is 3.20. The van der Waals surface area contributed by atoms with Crippen molar-refractivity contribution >= 4 is 11.9 Å². The standard InChI is InChI=1S/C21H21NO5/c23-19(22-12-16-13-25-17-8-4-5-9-18(17)27-16)14-26-20(24)21(10-11-21)15-6-2-1-3-7-15/h1-9,16H,10-14H2,(H,22,23)/t16-/m1/s1. The zero-order valence-corrected chi connectivity index (χ0v) is 14.9. The van der Waals surface area contributed by atoms with E-state index < -0.39 is 5.41 Å². The van der Waals surface area contributed by atoms with E-state index >= 15 is 0 Å². The Bertz CT molecular complexity index is 831. The lowest BCUT2D eigenvalue weighted by atomic mass is 9.96. The van der Waals surface area contributed by atoms with Crippen molar-refractivity contribution in [3.63, 3.8) is 0 Å². The summed E-state index contributed by atoms with van der Waals surface area (Å²) in [6, 6.07) is 17.0. The summed E-state index contributed by atoms with van der Waals surface area (Å²) in [7, 11) is 0. The first-order chi connectivity index (χ1) is 13.2. The van der Waals surface area contributed by atoms with Gasteiger partial charge in [-0.15, -0.1) is 0 Å². The van der Waals surface area contributed by atoms with Crippen molar-refractivity contribution in [2.24, 2.45) is 0 Å². The Morgan fingerprint density at radius 1 is 1.04 bits per heavy atom. The minimum atomic E-state index is -0.578. The van der Waals surface area contributed by atoms with E-state index in [1.807, 2.05) is 54.6 Å². The second-order valence-electron chi connectivity index (χ2n) is 6.83. The van der Waals surface area contributed by atoms with E-state index in [1.165, 1.54) is 0 Å². The summed E-state index contributed by atoms with van der Waals surface area (Å²) in [6.07, 6.45) is 1.23. The Morgan fingerprint density at radius 3 is 2.48 bits per heavy atom. The van der Waals surface area contributed by atoms with E-state index in [-0.39, 0.29) is 31.1 Å². The number of nitrogens with one attached hydrogen (secondary N) is 1. The molecule has 27 heavy (non-hydrogen) atoms. The highest BCUT2D eigenvalue weighted by Gasteiger charge is 2.52. The second kappa shape index (κ2) is 7.31. The van der Waals surface area contributed by atoms with Gasteiger partial charge in [-0.1, -0.05) is 42.5 Å². The molecule has 1 saturated carbocycles. The van der Waals surface area contributed by atoms with Crippen molar-refractivity contribution in [1.82, 2.24) is 5.32 Å². The summed E-state index contributed by atoms with van der Waals surface area (Å²) in [4.78, 5) is 24.5. The molecule has 1 aliphatic carbocycles. The van der Waals surface area contributed by atoms with Gasteiger partial charge in [0.1, 0.15) is 12.7 Å². The molecule has 1 amide bonds. The van der Waals surface area contributed by atoms with Gasteiger partial charge in [-0.2, -0.15) is 0 Å². The van der Waals surface area contributed by atoms with Gasteiger partial charge in [-0.25, -0.2) is 0 Å². The third-order valence-corrected chi connectivity index (χ3v) is 4.90. The molecule has 2 aromatic rings. The topological polar surface area (TPSA) is 73.9 Å². The molecule has 1 N–H and O–H groups in total. The number of para-hydroxylation sites is 2. The van der Waals surface area contributed by atoms with Crippen molar-refractivity contribution in [2.75, 3.05) is 19.8 Å². The molecule has 0 bridgehead atoms. The number of amides is 1. The van der Waals surface area contributed by atoms with Gasteiger partial charge in [0.2, 0.25) is 0 Å². The molecule has 2 aromatic carbocycles. The summed E-state index contributed by atoms with van der Waals surface area (Å²) in [6.45, 7) is 0.348. The monoisotopic (exact) mass is 367 g/mol. The molecule has 0 unspecified atom stereocenters. The van der Waals surface area contributed by atoms with Crippen molar-refractivity contribution in [2.45, 2.75) is 24.4 Å². The highest BCUT2D eigenvalue weighted by Crippen LogP contribution is 2.49. The Kier molecular flexibility index (Phi) is 4.71. The first-order valence-electron chi connectivity index (χ1n) is 9.05. The number of ether oxygens (including phenoxy) is 3. The van der Waals surface area contributed by atoms with E-state index in [0.717, 1.165) is 18.4 Å². The maximum absolute atomic E-state index is 12.4. The maximum Gasteiger partial charge on any atom is 0.317 e. The van der Waals surface area contributed by atoms with Crippen molar-refractivity contribution < 1.29 is 23.8 Å². The molecule has 1 heterocycles. The van der Waals surface area contributed by atoms with Gasteiger partial charge in [0, 0.05) is 0 Å². The first-order valence-corrected chi connectivity index (χ1v) is 9.05. The molecule has 1 atom stereocenters. The van der Waals surface area contributed by atoms with Gasteiger partial charge >= 0.3 is 5.97 Å². The fraction of sp³-hybridized carbons (Fsp3) is 0.333. The van der Waals surface area contributed by atoms with Crippen LogP contribution in [0.15, 0.2) is 54.6 Å². The lowest BCUT2D eigenvalue weighted by Gasteiger charge is -2.26. The number of hydrogen-bond donors (Lipinski definition) is 1. The zero-order chi connectivity index (χ0) is 18.7. The second-order valence-corrected chi connectivity index (χ2v) is 6.83. The summed E-state index contributed by atoms with van der Waals surface area (Å²) < 4.78 is 16.6. The van der Waals surface area contributed by atoms with E-state index in [2.05, 4.69) is 5.32 Å². The predicted octanol–water partition coefficient (Wildman–Crippen LogP) is 2.22. The van der Waals surface area contributed by atoms with Crippen LogP contribution in [-0.4, -0.2) is 37.7 Å². The number of fused-ring (bicyclic) bond motifs is 1. The molecule has 0 radical (unpaired) electrons. The van der Waals surface area contributed by atoms with Gasteiger partial charge in [0.15, 0.2) is 18.1 Å². The highest BCUT2D eigenvalue weighted by molar-refractivity contribution is 5.88. The van der Waals surface area contributed by atoms with Crippen LogP contribution in [0.4, 0.5) is 0 Å². The van der Waals surface area contributed by atoms with Crippen LogP contribution in [0.2, 0.25) is 0 Å². The first kappa shape index (κ1) is 17.4. The average Bonchev–Trinajstić information content (AvgIpc) is 3.53. The predicted molar refractivity (Wildman–Crippen MR) is 97.7 cm³/mol. The fourth-order valence-electron chi connectivity index (χ4n) is 3.20. The molecule has 6 heteroatoms. The van der Waals surface area contributed by atoms with Crippen LogP contribution in [0.25, 0.3) is 0 Å². The minimum Gasteiger partial charge on any atom is -0.486 e. The van der Waals surface area contributed by atoms with Crippen LogP contribution in [0.3, 0.4) is 0 Å². The normalized spacial score (nSPS) is 19.0. The number of carbonyl (C=O) groups is 2. The number of carbonyl (C=O) groups excluding carboxylic acids is 2. The van der Waals surface area contributed by atoms with E-state index in [1.54, 1.807) is 0 Å². The highest BCUT2D eigenvalue weighted by atomic mass is 16.6. The number of hydrogen-bond acceptors (Lipinski definition) is 5. The molecular weight excluding hydrogens is 346 g/mol. The van der Waals surface area contributed by atoms with Crippen LogP contribution in [0, 0.1) is 0 Å². The summed E-state index contributed by atoms with van der Waals surface area (Å²) in [5.41, 5.74) is 0.368. The van der Waals surface area contributed by atoms with Gasteiger partial charge in [-0.05, 0) is 30.5 Å².